The van der Waals surface area contributed by atoms with Gasteiger partial charge in [-0.05, 0) is 42.5 Å². The topological polar surface area (TPSA) is 32.3 Å². The quantitative estimate of drug-likeness (QED) is 0.820. The summed E-state index contributed by atoms with van der Waals surface area (Å²) in [5.74, 6) is 0.352. The van der Waals surface area contributed by atoms with E-state index in [1.54, 1.807) is 6.07 Å². The second-order valence-corrected chi connectivity index (χ2v) is 5.75. The first kappa shape index (κ1) is 14.0. The van der Waals surface area contributed by atoms with Crippen LogP contribution in [-0.4, -0.2) is 17.7 Å². The summed E-state index contributed by atoms with van der Waals surface area (Å²) in [4.78, 5) is 0. The van der Waals surface area contributed by atoms with E-state index in [1.165, 1.54) is 5.56 Å². The number of benzene rings is 1. The minimum absolute atomic E-state index is 0.223. The van der Waals surface area contributed by atoms with Crippen molar-refractivity contribution < 1.29 is 5.11 Å². The number of hydrogen-bond donors (Lipinski definition) is 2. The Hall–Kier alpha value is -1.02. The first-order chi connectivity index (χ1) is 7.93. The highest BCUT2D eigenvalue weighted by atomic mass is 16.3. The normalized spacial score (nSPS) is 13.6. The molecule has 1 aromatic rings. The maximum absolute atomic E-state index is 9.48. The number of aromatic hydroxyl groups is 1. The predicted octanol–water partition coefficient (Wildman–Crippen LogP) is 3.35. The van der Waals surface area contributed by atoms with Crippen LogP contribution >= 0.6 is 0 Å². The van der Waals surface area contributed by atoms with Gasteiger partial charge in [0.1, 0.15) is 5.75 Å². The van der Waals surface area contributed by atoms with Gasteiger partial charge in [-0.1, -0.05) is 39.8 Å². The molecule has 1 unspecified atom stereocenters. The van der Waals surface area contributed by atoms with Crippen molar-refractivity contribution in [1.29, 1.82) is 0 Å². The fraction of sp³-hybridized carbons (Fsp3) is 0.600. The van der Waals surface area contributed by atoms with E-state index in [0.29, 0.717) is 11.8 Å². The minimum Gasteiger partial charge on any atom is -0.508 e. The third-order valence-electron chi connectivity index (χ3n) is 3.04. The Morgan fingerprint density at radius 2 is 2.00 bits per heavy atom. The number of phenols is 1. The van der Waals surface area contributed by atoms with E-state index in [4.69, 9.17) is 0 Å². The van der Waals surface area contributed by atoms with Crippen LogP contribution in [0.5, 0.6) is 5.75 Å². The molecule has 1 rings (SSSR count). The fourth-order valence-electron chi connectivity index (χ4n) is 1.92. The standard InChI is InChI=1S/C15H25NO/c1-5-9-16-14(15(2,3)4)11-12-7-6-8-13(17)10-12/h6-8,10,14,16-17H,5,9,11H2,1-4H3. The number of nitrogens with one attached hydrogen (secondary N) is 1. The fourth-order valence-corrected chi connectivity index (χ4v) is 1.92. The van der Waals surface area contributed by atoms with Gasteiger partial charge in [-0.15, -0.1) is 0 Å². The Kier molecular flexibility index (Phi) is 5.01. The van der Waals surface area contributed by atoms with Crippen LogP contribution in [-0.2, 0) is 6.42 Å². The molecule has 0 aliphatic carbocycles. The molecular weight excluding hydrogens is 210 g/mol. The molecule has 0 bridgehead atoms. The third kappa shape index (κ3) is 4.78. The smallest absolute Gasteiger partial charge is 0.115 e. The monoisotopic (exact) mass is 235 g/mol. The van der Waals surface area contributed by atoms with Gasteiger partial charge in [0.05, 0.1) is 0 Å². The maximum atomic E-state index is 9.48. The summed E-state index contributed by atoms with van der Waals surface area (Å²) in [7, 11) is 0. The average molecular weight is 235 g/mol. The predicted molar refractivity (Wildman–Crippen MR) is 73.3 cm³/mol. The summed E-state index contributed by atoms with van der Waals surface area (Å²) in [5.41, 5.74) is 1.41. The van der Waals surface area contributed by atoms with Gasteiger partial charge in [0, 0.05) is 6.04 Å². The molecule has 0 saturated heterocycles. The second-order valence-electron chi connectivity index (χ2n) is 5.75. The molecule has 0 aliphatic heterocycles. The molecule has 0 spiro atoms. The van der Waals surface area contributed by atoms with Crippen LogP contribution < -0.4 is 5.32 Å². The van der Waals surface area contributed by atoms with Crippen LogP contribution in [0.2, 0.25) is 0 Å². The molecule has 0 saturated carbocycles. The van der Waals surface area contributed by atoms with E-state index < -0.39 is 0 Å². The Bertz CT molecular complexity index is 341. The zero-order valence-electron chi connectivity index (χ0n) is 11.5. The van der Waals surface area contributed by atoms with Crippen molar-refractivity contribution in [3.05, 3.63) is 29.8 Å². The Labute approximate surface area is 105 Å². The van der Waals surface area contributed by atoms with Gasteiger partial charge in [-0.3, -0.25) is 0 Å². The van der Waals surface area contributed by atoms with Crippen molar-refractivity contribution >= 4 is 0 Å². The van der Waals surface area contributed by atoms with Gasteiger partial charge in [-0.2, -0.15) is 0 Å². The summed E-state index contributed by atoms with van der Waals surface area (Å²) in [6, 6.07) is 7.99. The lowest BCUT2D eigenvalue weighted by Gasteiger charge is -2.32. The van der Waals surface area contributed by atoms with Crippen LogP contribution in [0.3, 0.4) is 0 Å². The lowest BCUT2D eigenvalue weighted by Crippen LogP contribution is -2.42. The number of rotatable bonds is 5. The molecule has 17 heavy (non-hydrogen) atoms. The van der Waals surface area contributed by atoms with Crippen LogP contribution in [0.25, 0.3) is 0 Å². The number of hydrogen-bond acceptors (Lipinski definition) is 2. The van der Waals surface area contributed by atoms with E-state index in [-0.39, 0.29) is 5.41 Å². The molecule has 0 fully saturated rings. The van der Waals surface area contributed by atoms with Crippen molar-refractivity contribution in [1.82, 2.24) is 5.32 Å². The first-order valence-corrected chi connectivity index (χ1v) is 6.44. The summed E-state index contributed by atoms with van der Waals surface area (Å²) in [6.45, 7) is 9.98. The molecule has 2 N–H and O–H groups in total. The molecule has 1 atom stereocenters. The molecule has 0 heterocycles. The number of phenolic OH excluding ortho intramolecular Hbond substituents is 1. The highest BCUT2D eigenvalue weighted by molar-refractivity contribution is 5.27. The first-order valence-electron chi connectivity index (χ1n) is 6.44. The van der Waals surface area contributed by atoms with Gasteiger partial charge in [0.2, 0.25) is 0 Å². The van der Waals surface area contributed by atoms with E-state index in [9.17, 15) is 5.11 Å². The molecule has 1 aromatic carbocycles. The van der Waals surface area contributed by atoms with Crippen LogP contribution in [0, 0.1) is 5.41 Å². The Balaban J connectivity index is 2.72. The van der Waals surface area contributed by atoms with Crippen LogP contribution in [0.1, 0.15) is 39.7 Å². The van der Waals surface area contributed by atoms with Crippen LogP contribution in [0.15, 0.2) is 24.3 Å². The van der Waals surface area contributed by atoms with Crippen molar-refractivity contribution in [3.63, 3.8) is 0 Å². The highest BCUT2D eigenvalue weighted by Gasteiger charge is 2.23. The van der Waals surface area contributed by atoms with E-state index in [0.717, 1.165) is 19.4 Å². The summed E-state index contributed by atoms with van der Waals surface area (Å²) < 4.78 is 0. The molecule has 2 nitrogen and oxygen atoms in total. The largest absolute Gasteiger partial charge is 0.508 e. The van der Waals surface area contributed by atoms with Crippen molar-refractivity contribution in [2.24, 2.45) is 5.41 Å². The molecular formula is C15H25NO. The van der Waals surface area contributed by atoms with Crippen molar-refractivity contribution in [2.75, 3.05) is 6.54 Å². The molecule has 0 amide bonds. The molecule has 0 aliphatic rings. The average Bonchev–Trinajstić information content (AvgIpc) is 2.22. The van der Waals surface area contributed by atoms with Crippen molar-refractivity contribution in [2.45, 2.75) is 46.6 Å². The third-order valence-corrected chi connectivity index (χ3v) is 3.04. The van der Waals surface area contributed by atoms with Gasteiger partial charge < -0.3 is 10.4 Å². The van der Waals surface area contributed by atoms with Gasteiger partial charge in [0.15, 0.2) is 0 Å². The lowest BCUT2D eigenvalue weighted by atomic mass is 9.83. The highest BCUT2D eigenvalue weighted by Crippen LogP contribution is 2.23. The van der Waals surface area contributed by atoms with Crippen LogP contribution in [0.4, 0.5) is 0 Å². The Morgan fingerprint density at radius 3 is 2.53 bits per heavy atom. The summed E-state index contributed by atoms with van der Waals surface area (Å²) >= 11 is 0. The second kappa shape index (κ2) is 6.06. The minimum atomic E-state index is 0.223. The van der Waals surface area contributed by atoms with E-state index in [1.807, 2.05) is 12.1 Å². The Morgan fingerprint density at radius 1 is 1.29 bits per heavy atom. The van der Waals surface area contributed by atoms with Gasteiger partial charge in [0.25, 0.3) is 0 Å². The SMILES string of the molecule is CCCNC(Cc1cccc(O)c1)C(C)(C)C. The summed E-state index contributed by atoms with van der Waals surface area (Å²) in [5, 5.41) is 13.1. The molecule has 0 aromatic heterocycles. The zero-order valence-corrected chi connectivity index (χ0v) is 11.5. The maximum Gasteiger partial charge on any atom is 0.115 e. The molecule has 96 valence electrons. The van der Waals surface area contributed by atoms with E-state index in [2.05, 4.69) is 39.1 Å². The zero-order chi connectivity index (χ0) is 12.9. The summed E-state index contributed by atoms with van der Waals surface area (Å²) in [6.07, 6.45) is 2.10. The van der Waals surface area contributed by atoms with Crippen molar-refractivity contribution in [3.8, 4) is 5.75 Å². The van der Waals surface area contributed by atoms with Gasteiger partial charge in [-0.25, -0.2) is 0 Å². The molecule has 0 radical (unpaired) electrons. The van der Waals surface area contributed by atoms with E-state index >= 15 is 0 Å². The molecule has 2 heteroatoms. The van der Waals surface area contributed by atoms with Gasteiger partial charge >= 0.3 is 0 Å². The lowest BCUT2D eigenvalue weighted by molar-refractivity contribution is 0.266.